The van der Waals surface area contributed by atoms with Gasteiger partial charge in [0.25, 0.3) is 5.91 Å². The van der Waals surface area contributed by atoms with E-state index in [4.69, 9.17) is 14.2 Å². The number of hydrogen-bond acceptors (Lipinski definition) is 11. The second-order valence-corrected chi connectivity index (χ2v) is 7.17. The molecular formula is C20H29N3O10. The molecule has 0 aromatic rings. The number of amides is 2. The van der Waals surface area contributed by atoms with Gasteiger partial charge in [0, 0.05) is 34.0 Å². The Morgan fingerprint density at radius 2 is 1.09 bits per heavy atom. The fraction of sp³-hybridized carbons (Fsp3) is 0.650. The van der Waals surface area contributed by atoms with Crippen LogP contribution in [0.4, 0.5) is 0 Å². The van der Waals surface area contributed by atoms with Gasteiger partial charge in [0.05, 0.1) is 0 Å². The number of ether oxygens (including phenoxy) is 4. The number of guanidine groups is 1. The molecule has 1 aliphatic heterocycles. The maximum Gasteiger partial charge on any atom is 0.347 e. The quantitative estimate of drug-likeness (QED) is 0.331. The molecule has 184 valence electrons. The first-order valence-electron chi connectivity index (χ1n) is 10.1. The van der Waals surface area contributed by atoms with Crippen LogP contribution in [0.3, 0.4) is 0 Å². The van der Waals surface area contributed by atoms with Crippen molar-refractivity contribution in [3.05, 3.63) is 0 Å². The van der Waals surface area contributed by atoms with Gasteiger partial charge in [-0.05, 0) is 27.7 Å². The van der Waals surface area contributed by atoms with Crippen molar-refractivity contribution in [2.24, 2.45) is 4.99 Å². The van der Waals surface area contributed by atoms with Crippen molar-refractivity contribution in [3.63, 3.8) is 0 Å². The van der Waals surface area contributed by atoms with Crippen LogP contribution in [-0.2, 0) is 47.7 Å². The molecule has 2 amide bonds. The summed E-state index contributed by atoms with van der Waals surface area (Å²) in [6.07, 6.45) is -5.28. The molecule has 0 bridgehead atoms. The van der Waals surface area contributed by atoms with Crippen LogP contribution >= 0.6 is 0 Å². The van der Waals surface area contributed by atoms with E-state index in [2.05, 4.69) is 9.73 Å². The molecule has 4 atom stereocenters. The summed E-state index contributed by atoms with van der Waals surface area (Å²) in [4.78, 5) is 77.9. The lowest BCUT2D eigenvalue weighted by Gasteiger charge is -2.23. The van der Waals surface area contributed by atoms with Crippen LogP contribution in [0.25, 0.3) is 0 Å². The highest BCUT2D eigenvalue weighted by Crippen LogP contribution is 2.13. The first-order valence-corrected chi connectivity index (χ1v) is 10.1. The van der Waals surface area contributed by atoms with Crippen molar-refractivity contribution in [3.8, 4) is 0 Å². The highest BCUT2D eigenvalue weighted by atomic mass is 16.6. The van der Waals surface area contributed by atoms with E-state index in [1.54, 1.807) is 0 Å². The molecule has 13 nitrogen and oxygen atoms in total. The number of aliphatic imine (C=N–C) groups is 1. The van der Waals surface area contributed by atoms with Crippen molar-refractivity contribution in [2.75, 3.05) is 20.1 Å². The molecule has 1 rings (SSSR count). The van der Waals surface area contributed by atoms with E-state index in [1.165, 1.54) is 51.5 Å². The largest absolute Gasteiger partial charge is 0.451 e. The first-order chi connectivity index (χ1) is 15.3. The average Bonchev–Trinajstić information content (AvgIpc) is 3.16. The zero-order valence-electron chi connectivity index (χ0n) is 19.6. The van der Waals surface area contributed by atoms with E-state index in [-0.39, 0.29) is 25.0 Å². The van der Waals surface area contributed by atoms with Crippen LogP contribution in [0.15, 0.2) is 4.99 Å². The summed E-state index contributed by atoms with van der Waals surface area (Å²) in [5.74, 6) is -4.46. The number of esters is 4. The molecule has 0 saturated carbocycles. The summed E-state index contributed by atoms with van der Waals surface area (Å²) in [7, 11) is 1.43. The Balaban J connectivity index is 2.62. The van der Waals surface area contributed by atoms with Crippen molar-refractivity contribution in [2.45, 2.75) is 66.0 Å². The molecule has 0 spiro atoms. The Labute approximate surface area is 191 Å². The Bertz CT molecular complexity index is 840. The number of nitrogens with zero attached hydrogens (tertiary/aromatic N) is 3. The number of rotatable bonds is 8. The van der Waals surface area contributed by atoms with E-state index in [0.29, 0.717) is 0 Å². The van der Waals surface area contributed by atoms with Gasteiger partial charge in [-0.1, -0.05) is 0 Å². The lowest BCUT2D eigenvalue weighted by Crippen LogP contribution is -2.45. The molecular weight excluding hydrogens is 442 g/mol. The van der Waals surface area contributed by atoms with E-state index in [9.17, 15) is 28.8 Å². The van der Waals surface area contributed by atoms with Gasteiger partial charge >= 0.3 is 23.9 Å². The lowest BCUT2D eigenvalue weighted by atomic mass is 10.3. The van der Waals surface area contributed by atoms with Crippen LogP contribution in [0.2, 0.25) is 0 Å². The highest BCUT2D eigenvalue weighted by molar-refractivity contribution is 6.06. The molecule has 1 aliphatic rings. The Kier molecular flexibility index (Phi) is 9.95. The molecule has 13 heteroatoms. The van der Waals surface area contributed by atoms with Crippen molar-refractivity contribution >= 4 is 41.7 Å². The number of carbonyl (C=O) groups is 6. The zero-order chi connectivity index (χ0) is 25.5. The molecule has 0 N–H and O–H groups in total. The number of carbonyl (C=O) groups excluding carboxylic acids is 6. The normalized spacial score (nSPS) is 18.1. The highest BCUT2D eigenvalue weighted by Gasteiger charge is 2.37. The van der Waals surface area contributed by atoms with Gasteiger partial charge in [0.2, 0.25) is 11.9 Å². The van der Waals surface area contributed by atoms with Crippen molar-refractivity contribution < 1.29 is 47.7 Å². The summed E-state index contributed by atoms with van der Waals surface area (Å²) >= 11 is 0. The molecule has 1 saturated heterocycles. The van der Waals surface area contributed by atoms with E-state index < -0.39 is 54.2 Å². The van der Waals surface area contributed by atoms with Gasteiger partial charge in [-0.25, -0.2) is 14.4 Å². The third-order valence-corrected chi connectivity index (χ3v) is 4.44. The minimum absolute atomic E-state index is 0.147. The van der Waals surface area contributed by atoms with Crippen LogP contribution in [0, 0.1) is 0 Å². The zero-order valence-corrected chi connectivity index (χ0v) is 19.6. The van der Waals surface area contributed by atoms with E-state index in [0.717, 1.165) is 6.92 Å². The van der Waals surface area contributed by atoms with Crippen LogP contribution in [0.1, 0.15) is 41.5 Å². The molecule has 0 aromatic carbocycles. The van der Waals surface area contributed by atoms with Crippen LogP contribution in [-0.4, -0.2) is 96.0 Å². The standard InChI is InChI=1S/C20H29N3O10/c1-10(16(26)23-9-8-22(14(5)24)20(23)21-7)31-18(28)12(3)33-19(29)13(4)32-17(27)11(2)30-15(6)25/h10-13H,8-9H2,1-7H3/t10-,11-,12-,13-/m0/s1. The molecule has 33 heavy (non-hydrogen) atoms. The van der Waals surface area contributed by atoms with Gasteiger partial charge in [0.15, 0.2) is 24.4 Å². The first kappa shape index (κ1) is 27.5. The minimum atomic E-state index is -1.41. The molecule has 1 fully saturated rings. The second kappa shape index (κ2) is 11.9. The molecule has 0 aromatic heterocycles. The third-order valence-electron chi connectivity index (χ3n) is 4.44. The Hall–Kier alpha value is -3.51. The van der Waals surface area contributed by atoms with Gasteiger partial charge in [0.1, 0.15) is 0 Å². The van der Waals surface area contributed by atoms with Gasteiger partial charge < -0.3 is 18.9 Å². The van der Waals surface area contributed by atoms with Crippen molar-refractivity contribution in [1.82, 2.24) is 9.80 Å². The molecule has 0 unspecified atom stereocenters. The SMILES string of the molecule is CN=C1N(C(C)=O)CCN1C(=O)[C@H](C)OC(=O)[C@H](C)OC(=O)[C@H](C)OC(=O)[C@H](C)OC(C)=O. The van der Waals surface area contributed by atoms with Crippen LogP contribution in [0.5, 0.6) is 0 Å². The summed E-state index contributed by atoms with van der Waals surface area (Å²) in [6.45, 7) is 7.93. The summed E-state index contributed by atoms with van der Waals surface area (Å²) < 4.78 is 19.5. The van der Waals surface area contributed by atoms with Crippen LogP contribution < -0.4 is 0 Å². The molecule has 0 radical (unpaired) electrons. The van der Waals surface area contributed by atoms with E-state index >= 15 is 0 Å². The van der Waals surface area contributed by atoms with E-state index in [1.807, 2.05) is 0 Å². The second-order valence-electron chi connectivity index (χ2n) is 7.17. The molecule has 1 heterocycles. The van der Waals surface area contributed by atoms with Gasteiger partial charge in [-0.15, -0.1) is 0 Å². The maximum absolute atomic E-state index is 12.7. The van der Waals surface area contributed by atoms with Gasteiger partial charge in [-0.2, -0.15) is 0 Å². The fourth-order valence-electron chi connectivity index (χ4n) is 2.77. The predicted molar refractivity (Wildman–Crippen MR) is 110 cm³/mol. The molecule has 0 aliphatic carbocycles. The van der Waals surface area contributed by atoms with Crippen molar-refractivity contribution in [1.29, 1.82) is 0 Å². The minimum Gasteiger partial charge on any atom is -0.451 e. The lowest BCUT2D eigenvalue weighted by molar-refractivity contribution is -0.183. The fourth-order valence-corrected chi connectivity index (χ4v) is 2.77. The third kappa shape index (κ3) is 7.54. The monoisotopic (exact) mass is 471 g/mol. The smallest absolute Gasteiger partial charge is 0.347 e. The summed E-state index contributed by atoms with van der Waals surface area (Å²) in [5.41, 5.74) is 0. The maximum atomic E-state index is 12.7. The summed E-state index contributed by atoms with van der Waals surface area (Å²) in [5, 5.41) is 0. The average molecular weight is 471 g/mol. The summed E-state index contributed by atoms with van der Waals surface area (Å²) in [6, 6.07) is 0. The Morgan fingerprint density at radius 3 is 1.48 bits per heavy atom. The topological polar surface area (TPSA) is 158 Å². The number of hydrogen-bond donors (Lipinski definition) is 0. The predicted octanol–water partition coefficient (Wildman–Crippen LogP) is -0.590. The van der Waals surface area contributed by atoms with Gasteiger partial charge in [-0.3, -0.25) is 29.2 Å². The Morgan fingerprint density at radius 1 is 0.697 bits per heavy atom.